The molecule has 2 aromatic rings. The second-order valence-electron chi connectivity index (χ2n) is 7.98. The quantitative estimate of drug-likeness (QED) is 0.651. The molecule has 1 fully saturated rings. The van der Waals surface area contributed by atoms with Gasteiger partial charge in [-0.1, -0.05) is 70.7 Å². The molecular weight excluding hydrogens is 428 g/mol. The molecule has 0 radical (unpaired) electrons. The third-order valence-corrected chi connectivity index (χ3v) is 6.08. The Morgan fingerprint density at radius 2 is 1.79 bits per heavy atom. The van der Waals surface area contributed by atoms with Crippen molar-refractivity contribution in [1.29, 1.82) is 0 Å². The second kappa shape index (κ2) is 10.1. The fourth-order valence-electron chi connectivity index (χ4n) is 3.79. The summed E-state index contributed by atoms with van der Waals surface area (Å²) in [4.78, 5) is 27.8. The van der Waals surface area contributed by atoms with Crippen LogP contribution in [0, 0.1) is 6.92 Å². The van der Waals surface area contributed by atoms with E-state index in [0.29, 0.717) is 6.54 Å². The number of amides is 2. The summed E-state index contributed by atoms with van der Waals surface area (Å²) in [7, 11) is 0. The van der Waals surface area contributed by atoms with Gasteiger partial charge in [0.15, 0.2) is 0 Å². The van der Waals surface area contributed by atoms with Gasteiger partial charge in [-0.15, -0.1) is 0 Å². The molecule has 1 N–H and O–H groups in total. The van der Waals surface area contributed by atoms with Gasteiger partial charge in [0.1, 0.15) is 6.04 Å². The Bertz CT molecular complexity index is 844. The number of nitrogens with one attached hydrogen (secondary N) is 1. The van der Waals surface area contributed by atoms with E-state index in [-0.39, 0.29) is 24.3 Å². The van der Waals surface area contributed by atoms with E-state index in [9.17, 15) is 9.59 Å². The Kier molecular flexibility index (Phi) is 7.48. The molecule has 3 rings (SSSR count). The van der Waals surface area contributed by atoms with E-state index < -0.39 is 6.04 Å². The number of hydrogen-bond donors (Lipinski definition) is 1. The van der Waals surface area contributed by atoms with Gasteiger partial charge in [0.05, 0.1) is 6.42 Å². The van der Waals surface area contributed by atoms with Crippen LogP contribution >= 0.6 is 15.9 Å². The van der Waals surface area contributed by atoms with Crippen LogP contribution < -0.4 is 5.32 Å². The number of aryl methyl sites for hydroxylation is 1. The molecule has 29 heavy (non-hydrogen) atoms. The molecule has 0 aliphatic heterocycles. The highest BCUT2D eigenvalue weighted by atomic mass is 79.9. The number of carbonyl (C=O) groups is 2. The van der Waals surface area contributed by atoms with Gasteiger partial charge in [-0.25, -0.2) is 0 Å². The average Bonchev–Trinajstić information content (AvgIpc) is 3.20. The maximum absolute atomic E-state index is 13.2. The Morgan fingerprint density at radius 1 is 1.10 bits per heavy atom. The van der Waals surface area contributed by atoms with Crippen LogP contribution in [0.4, 0.5) is 0 Å². The first-order valence-corrected chi connectivity index (χ1v) is 11.1. The van der Waals surface area contributed by atoms with Gasteiger partial charge in [-0.2, -0.15) is 0 Å². The van der Waals surface area contributed by atoms with E-state index in [1.165, 1.54) is 0 Å². The first kappa shape index (κ1) is 21.6. The number of benzene rings is 2. The molecular formula is C24H29BrN2O2. The largest absolute Gasteiger partial charge is 0.352 e. The maximum atomic E-state index is 13.2. The van der Waals surface area contributed by atoms with Crippen LogP contribution in [0.15, 0.2) is 53.0 Å². The van der Waals surface area contributed by atoms with Gasteiger partial charge >= 0.3 is 0 Å². The standard InChI is InChI=1S/C24H29BrN2O2/c1-17-10-12-19(13-11-17)15-23(28)27(16-20-6-5-7-21(25)14-20)18(2)24(29)26-22-8-3-4-9-22/h5-7,10-14,18,22H,3-4,8-9,15-16H2,1-2H3,(H,26,29). The molecule has 0 heterocycles. The van der Waals surface area contributed by atoms with Crippen LogP contribution in [0.5, 0.6) is 0 Å². The molecule has 2 amide bonds. The fraction of sp³-hybridized carbons (Fsp3) is 0.417. The van der Waals surface area contributed by atoms with Crippen LogP contribution in [0.25, 0.3) is 0 Å². The first-order chi connectivity index (χ1) is 13.9. The molecule has 154 valence electrons. The molecule has 1 saturated carbocycles. The van der Waals surface area contributed by atoms with Crippen LogP contribution in [0.1, 0.15) is 49.3 Å². The number of nitrogens with zero attached hydrogens (tertiary/aromatic N) is 1. The van der Waals surface area contributed by atoms with Crippen molar-refractivity contribution in [2.75, 3.05) is 0 Å². The third-order valence-electron chi connectivity index (χ3n) is 5.59. The van der Waals surface area contributed by atoms with Gasteiger partial charge in [-0.05, 0) is 49.9 Å². The predicted octanol–water partition coefficient (Wildman–Crippen LogP) is 4.78. The zero-order valence-corrected chi connectivity index (χ0v) is 18.7. The highest BCUT2D eigenvalue weighted by molar-refractivity contribution is 9.10. The molecule has 5 heteroatoms. The SMILES string of the molecule is Cc1ccc(CC(=O)N(Cc2cccc(Br)c2)C(C)C(=O)NC2CCCC2)cc1. The lowest BCUT2D eigenvalue weighted by molar-refractivity contribution is -0.140. The Hall–Kier alpha value is -2.14. The van der Waals surface area contributed by atoms with Crippen molar-refractivity contribution < 1.29 is 9.59 Å². The minimum Gasteiger partial charge on any atom is -0.352 e. The molecule has 0 bridgehead atoms. The molecule has 4 nitrogen and oxygen atoms in total. The number of carbonyl (C=O) groups excluding carboxylic acids is 2. The lowest BCUT2D eigenvalue weighted by Gasteiger charge is -2.30. The second-order valence-corrected chi connectivity index (χ2v) is 8.90. The molecule has 0 saturated heterocycles. The summed E-state index contributed by atoms with van der Waals surface area (Å²) in [6.07, 6.45) is 4.67. The monoisotopic (exact) mass is 456 g/mol. The Morgan fingerprint density at radius 3 is 2.45 bits per heavy atom. The summed E-state index contributed by atoms with van der Waals surface area (Å²) in [6.45, 7) is 4.26. The van der Waals surface area contributed by atoms with E-state index in [1.807, 2.05) is 62.4 Å². The zero-order valence-electron chi connectivity index (χ0n) is 17.2. The summed E-state index contributed by atoms with van der Waals surface area (Å²) in [5.41, 5.74) is 3.12. The van der Waals surface area contributed by atoms with E-state index in [2.05, 4.69) is 21.2 Å². The van der Waals surface area contributed by atoms with Gasteiger partial charge in [0.2, 0.25) is 11.8 Å². The van der Waals surface area contributed by atoms with Crippen LogP contribution in [0.3, 0.4) is 0 Å². The van der Waals surface area contributed by atoms with Crippen LogP contribution in [-0.2, 0) is 22.6 Å². The highest BCUT2D eigenvalue weighted by Crippen LogP contribution is 2.20. The molecule has 1 aliphatic carbocycles. The summed E-state index contributed by atoms with van der Waals surface area (Å²) < 4.78 is 0.962. The minimum absolute atomic E-state index is 0.0390. The van der Waals surface area contributed by atoms with Crippen molar-refractivity contribution in [3.8, 4) is 0 Å². The molecule has 0 aromatic heterocycles. The number of hydrogen-bond acceptors (Lipinski definition) is 2. The van der Waals surface area contributed by atoms with E-state index in [4.69, 9.17) is 0 Å². The van der Waals surface area contributed by atoms with Crippen molar-refractivity contribution in [3.63, 3.8) is 0 Å². The van der Waals surface area contributed by atoms with Crippen LogP contribution in [0.2, 0.25) is 0 Å². The maximum Gasteiger partial charge on any atom is 0.242 e. The van der Waals surface area contributed by atoms with Gasteiger partial charge < -0.3 is 10.2 Å². The Labute approximate surface area is 181 Å². The molecule has 2 aromatic carbocycles. The lowest BCUT2D eigenvalue weighted by Crippen LogP contribution is -2.50. The van der Waals surface area contributed by atoms with Crippen LogP contribution in [-0.4, -0.2) is 28.8 Å². The molecule has 0 spiro atoms. The van der Waals surface area contributed by atoms with Crippen molar-refractivity contribution in [3.05, 3.63) is 69.7 Å². The summed E-state index contributed by atoms with van der Waals surface area (Å²) in [5.74, 6) is -0.105. The average molecular weight is 457 g/mol. The van der Waals surface area contributed by atoms with Crippen molar-refractivity contribution in [1.82, 2.24) is 10.2 Å². The van der Waals surface area contributed by atoms with E-state index >= 15 is 0 Å². The third kappa shape index (κ3) is 6.17. The zero-order chi connectivity index (χ0) is 20.8. The van der Waals surface area contributed by atoms with Crippen molar-refractivity contribution in [2.45, 2.75) is 64.6 Å². The topological polar surface area (TPSA) is 49.4 Å². The van der Waals surface area contributed by atoms with Gasteiger partial charge in [0.25, 0.3) is 0 Å². The van der Waals surface area contributed by atoms with Gasteiger partial charge in [0, 0.05) is 17.1 Å². The fourth-order valence-corrected chi connectivity index (χ4v) is 4.24. The van der Waals surface area contributed by atoms with Crippen molar-refractivity contribution in [2.24, 2.45) is 0 Å². The first-order valence-electron chi connectivity index (χ1n) is 10.3. The van der Waals surface area contributed by atoms with Crippen molar-refractivity contribution >= 4 is 27.7 Å². The lowest BCUT2D eigenvalue weighted by atomic mass is 10.1. The number of halogens is 1. The molecule has 1 unspecified atom stereocenters. The number of rotatable bonds is 7. The summed E-state index contributed by atoms with van der Waals surface area (Å²) >= 11 is 3.49. The smallest absolute Gasteiger partial charge is 0.242 e. The van der Waals surface area contributed by atoms with E-state index in [0.717, 1.165) is 46.8 Å². The molecule has 1 atom stereocenters. The summed E-state index contributed by atoms with van der Waals surface area (Å²) in [6, 6.07) is 15.6. The normalized spacial score (nSPS) is 15.1. The highest BCUT2D eigenvalue weighted by Gasteiger charge is 2.28. The summed E-state index contributed by atoms with van der Waals surface area (Å²) in [5, 5.41) is 3.14. The minimum atomic E-state index is -0.521. The predicted molar refractivity (Wildman–Crippen MR) is 119 cm³/mol. The Balaban J connectivity index is 1.76. The molecule has 1 aliphatic rings. The van der Waals surface area contributed by atoms with E-state index in [1.54, 1.807) is 4.90 Å². The van der Waals surface area contributed by atoms with Gasteiger partial charge in [-0.3, -0.25) is 9.59 Å².